The average molecular weight is 473 g/mol. The molecule has 0 saturated heterocycles. The highest BCUT2D eigenvalue weighted by Gasteiger charge is 2.35. The molecule has 0 radical (unpaired) electrons. The van der Waals surface area contributed by atoms with Crippen LogP contribution in [-0.4, -0.2) is 34.8 Å². The summed E-state index contributed by atoms with van der Waals surface area (Å²) in [7, 11) is -2.40. The lowest BCUT2D eigenvalue weighted by Crippen LogP contribution is -2.16. The molecule has 4 rings (SSSR count). The van der Waals surface area contributed by atoms with Crippen LogP contribution in [0.2, 0.25) is 0 Å². The molecule has 33 heavy (non-hydrogen) atoms. The van der Waals surface area contributed by atoms with Gasteiger partial charge in [0.2, 0.25) is 5.95 Å². The van der Waals surface area contributed by atoms with Gasteiger partial charge in [0.05, 0.1) is 0 Å². The van der Waals surface area contributed by atoms with Gasteiger partial charge in [-0.2, -0.15) is 18.2 Å². The lowest BCUT2D eigenvalue weighted by atomic mass is 10.1. The molecule has 2 aromatic heterocycles. The van der Waals surface area contributed by atoms with E-state index >= 15 is 0 Å². The molecule has 0 aliphatic rings. The van der Waals surface area contributed by atoms with E-state index in [-0.39, 0.29) is 18.3 Å². The molecule has 0 aliphatic carbocycles. The normalized spacial score (nSPS) is 12.2. The molecular formula is C23H23F3N5OP. The lowest BCUT2D eigenvalue weighted by Gasteiger charge is -2.15. The number of fused-ring (bicyclic) bond motifs is 1. The molecule has 0 spiro atoms. The molecule has 0 amide bonds. The molecule has 2 aromatic carbocycles. The van der Waals surface area contributed by atoms with Crippen molar-refractivity contribution in [1.82, 2.24) is 15.0 Å². The molecule has 2 heterocycles. The molecule has 3 N–H and O–H groups in total. The number of anilines is 3. The summed E-state index contributed by atoms with van der Waals surface area (Å²) in [6, 6.07) is 14.6. The van der Waals surface area contributed by atoms with Crippen LogP contribution in [0, 0.1) is 0 Å². The van der Waals surface area contributed by atoms with Crippen molar-refractivity contribution in [3.05, 3.63) is 72.1 Å². The van der Waals surface area contributed by atoms with Crippen molar-refractivity contribution in [3.63, 3.8) is 0 Å². The molecule has 6 nitrogen and oxygen atoms in total. The first-order valence-corrected chi connectivity index (χ1v) is 12.9. The van der Waals surface area contributed by atoms with Crippen LogP contribution in [0.15, 0.2) is 60.9 Å². The van der Waals surface area contributed by atoms with Gasteiger partial charge in [0, 0.05) is 40.8 Å². The Labute approximate surface area is 189 Å². The maximum atomic E-state index is 13.5. The van der Waals surface area contributed by atoms with Gasteiger partial charge in [0.1, 0.15) is 18.5 Å². The minimum Gasteiger partial charge on any atom is -0.369 e. The molecule has 10 heteroatoms. The second-order valence-electron chi connectivity index (χ2n) is 8.01. The Morgan fingerprint density at radius 1 is 1.06 bits per heavy atom. The van der Waals surface area contributed by atoms with Crippen LogP contribution in [-0.2, 0) is 17.2 Å². The molecule has 0 atom stereocenters. The number of hydrogen-bond acceptors (Lipinski definition) is 5. The summed E-state index contributed by atoms with van der Waals surface area (Å²) in [6.45, 7) is 3.60. The Hall–Kier alpha value is -3.32. The number of aromatic amines is 1. The van der Waals surface area contributed by atoms with Gasteiger partial charge >= 0.3 is 6.18 Å². The smallest absolute Gasteiger partial charge is 0.369 e. The molecule has 0 unspecified atom stereocenters. The predicted octanol–water partition coefficient (Wildman–Crippen LogP) is 5.62. The third-order valence-corrected chi connectivity index (χ3v) is 6.74. The quantitative estimate of drug-likeness (QED) is 0.304. The summed E-state index contributed by atoms with van der Waals surface area (Å²) in [6.07, 6.45) is -1.44. The summed E-state index contributed by atoms with van der Waals surface area (Å²) in [4.78, 5) is 11.1. The van der Waals surface area contributed by atoms with Gasteiger partial charge in [-0.25, -0.2) is 4.98 Å². The standard InChI is InChI=1S/C23H23F3N5OP/c1-33(2,32)17-9-7-16(8-10-17)30-22-29-14-19(23(24,25)26)21(31-22)27-12-11-15-13-28-20-6-4-3-5-18(15)20/h3-10,13-14,28H,11-12H2,1-2H3,(H2,27,29,30,31). The highest BCUT2D eigenvalue weighted by atomic mass is 31.2. The van der Waals surface area contributed by atoms with Crippen LogP contribution in [0.4, 0.5) is 30.6 Å². The van der Waals surface area contributed by atoms with Crippen molar-refractivity contribution >= 4 is 40.8 Å². The first kappa shape index (κ1) is 22.9. The predicted molar refractivity (Wildman–Crippen MR) is 126 cm³/mol. The van der Waals surface area contributed by atoms with Crippen molar-refractivity contribution in [1.29, 1.82) is 0 Å². The molecule has 0 bridgehead atoms. The van der Waals surface area contributed by atoms with Crippen molar-refractivity contribution in [2.45, 2.75) is 12.6 Å². The summed E-state index contributed by atoms with van der Waals surface area (Å²) in [5.41, 5.74) is 1.63. The topological polar surface area (TPSA) is 82.7 Å². The fourth-order valence-electron chi connectivity index (χ4n) is 3.47. The second-order valence-corrected chi connectivity index (χ2v) is 11.2. The van der Waals surface area contributed by atoms with Gasteiger partial charge in [-0.1, -0.05) is 18.2 Å². The van der Waals surface area contributed by atoms with Crippen molar-refractivity contribution in [2.24, 2.45) is 0 Å². The number of rotatable bonds is 7. The zero-order valence-corrected chi connectivity index (χ0v) is 19.0. The summed E-state index contributed by atoms with van der Waals surface area (Å²) >= 11 is 0. The lowest BCUT2D eigenvalue weighted by molar-refractivity contribution is -0.137. The van der Waals surface area contributed by atoms with Crippen molar-refractivity contribution in [2.75, 3.05) is 30.5 Å². The number of alkyl halides is 3. The van der Waals surface area contributed by atoms with E-state index in [1.54, 1.807) is 37.6 Å². The highest BCUT2D eigenvalue weighted by molar-refractivity contribution is 7.70. The summed E-state index contributed by atoms with van der Waals surface area (Å²) in [5.74, 6) is -0.260. The van der Waals surface area contributed by atoms with E-state index in [1.807, 2.05) is 30.5 Å². The van der Waals surface area contributed by atoms with Crippen LogP contribution < -0.4 is 15.9 Å². The number of benzene rings is 2. The maximum Gasteiger partial charge on any atom is 0.421 e. The minimum absolute atomic E-state index is 0.0292. The number of para-hydroxylation sites is 1. The Bertz CT molecular complexity index is 1310. The first-order chi connectivity index (χ1) is 15.6. The van der Waals surface area contributed by atoms with E-state index in [0.717, 1.165) is 22.7 Å². The number of hydrogen-bond donors (Lipinski definition) is 3. The van der Waals surface area contributed by atoms with E-state index in [0.29, 0.717) is 17.4 Å². The Balaban J connectivity index is 1.52. The minimum atomic E-state index is -4.59. The third kappa shape index (κ3) is 5.37. The van der Waals surface area contributed by atoms with Gasteiger partial charge in [0.15, 0.2) is 0 Å². The van der Waals surface area contributed by atoms with Gasteiger partial charge in [-0.15, -0.1) is 0 Å². The van der Waals surface area contributed by atoms with Gasteiger partial charge in [-0.3, -0.25) is 0 Å². The molecule has 0 fully saturated rings. The van der Waals surface area contributed by atoms with Crippen LogP contribution in [0.1, 0.15) is 11.1 Å². The first-order valence-electron chi connectivity index (χ1n) is 10.3. The van der Waals surface area contributed by atoms with E-state index < -0.39 is 18.9 Å². The number of H-pyrrole nitrogens is 1. The molecule has 0 saturated carbocycles. The van der Waals surface area contributed by atoms with Gasteiger partial charge < -0.3 is 20.2 Å². The third-order valence-electron chi connectivity index (χ3n) is 5.20. The molecular weight excluding hydrogens is 450 g/mol. The number of halogens is 3. The zero-order chi connectivity index (χ0) is 23.6. The van der Waals surface area contributed by atoms with Gasteiger partial charge in [0.25, 0.3) is 0 Å². The largest absolute Gasteiger partial charge is 0.421 e. The summed E-state index contributed by atoms with van der Waals surface area (Å²) < 4.78 is 52.7. The van der Waals surface area contributed by atoms with Crippen LogP contribution in [0.25, 0.3) is 10.9 Å². The number of nitrogens with zero attached hydrogens (tertiary/aromatic N) is 2. The highest BCUT2D eigenvalue weighted by Crippen LogP contribution is 2.36. The maximum absolute atomic E-state index is 13.5. The zero-order valence-electron chi connectivity index (χ0n) is 18.1. The van der Waals surface area contributed by atoms with Gasteiger partial charge in [-0.05, 0) is 55.6 Å². The van der Waals surface area contributed by atoms with Crippen LogP contribution in [0.3, 0.4) is 0 Å². The fourth-order valence-corrected chi connectivity index (χ4v) is 4.34. The average Bonchev–Trinajstić information content (AvgIpc) is 3.16. The van der Waals surface area contributed by atoms with Crippen molar-refractivity contribution in [3.8, 4) is 0 Å². The van der Waals surface area contributed by atoms with Crippen LogP contribution in [0.5, 0.6) is 0 Å². The Morgan fingerprint density at radius 2 is 1.79 bits per heavy atom. The molecule has 172 valence electrons. The fraction of sp³-hybridized carbons (Fsp3) is 0.217. The number of nitrogens with one attached hydrogen (secondary N) is 3. The molecule has 0 aliphatic heterocycles. The summed E-state index contributed by atoms with van der Waals surface area (Å²) in [5, 5.41) is 7.47. The van der Waals surface area contributed by atoms with E-state index in [1.165, 1.54) is 0 Å². The SMILES string of the molecule is CP(C)(=O)c1ccc(Nc2ncc(C(F)(F)F)c(NCCc3c[nH]c4ccccc34)n2)cc1. The van der Waals surface area contributed by atoms with E-state index in [9.17, 15) is 17.7 Å². The number of aromatic nitrogens is 3. The molecule has 4 aromatic rings. The Kier molecular flexibility index (Phi) is 6.17. The second kappa shape index (κ2) is 8.90. The Morgan fingerprint density at radius 3 is 2.48 bits per heavy atom. The van der Waals surface area contributed by atoms with Crippen molar-refractivity contribution < 1.29 is 17.7 Å². The van der Waals surface area contributed by atoms with E-state index in [4.69, 9.17) is 0 Å². The monoisotopic (exact) mass is 473 g/mol. The van der Waals surface area contributed by atoms with E-state index in [2.05, 4.69) is 25.6 Å². The van der Waals surface area contributed by atoms with Crippen LogP contribution >= 0.6 is 7.14 Å².